The van der Waals surface area contributed by atoms with Gasteiger partial charge >= 0.3 is 12.2 Å². The number of rotatable bonds is 1. The Bertz CT molecular complexity index is 302. The van der Waals surface area contributed by atoms with Crippen molar-refractivity contribution in [1.29, 1.82) is 0 Å². The van der Waals surface area contributed by atoms with Crippen LogP contribution in [0.25, 0.3) is 0 Å². The summed E-state index contributed by atoms with van der Waals surface area (Å²) in [5.74, 6) is 0. The Labute approximate surface area is 80.2 Å². The molecule has 0 unspecified atom stereocenters. The van der Waals surface area contributed by atoms with Gasteiger partial charge in [-0.05, 0) is 6.08 Å². The van der Waals surface area contributed by atoms with Crippen LogP contribution in [-0.4, -0.2) is 37.5 Å². The average molecular weight is 198 g/mol. The summed E-state index contributed by atoms with van der Waals surface area (Å²) in [5, 5.41) is 5.18. The van der Waals surface area contributed by atoms with E-state index in [1.807, 2.05) is 0 Å². The Kier molecular flexibility index (Phi) is 2.03. The number of alkyl carbamates (subject to hydrolysis) is 2. The molecule has 6 nitrogen and oxygen atoms in total. The first kappa shape index (κ1) is 8.86. The second-order valence-electron chi connectivity index (χ2n) is 3.09. The van der Waals surface area contributed by atoms with Crippen LogP contribution in [0.2, 0.25) is 0 Å². The molecule has 0 spiro atoms. The van der Waals surface area contributed by atoms with Gasteiger partial charge in [-0.1, -0.05) is 6.08 Å². The third-order valence-electron chi connectivity index (χ3n) is 2.25. The fraction of sp³-hybridized carbons (Fsp3) is 0.500. The molecule has 2 N–H and O–H groups in total. The van der Waals surface area contributed by atoms with E-state index in [0.717, 1.165) is 0 Å². The van der Waals surface area contributed by atoms with E-state index in [2.05, 4.69) is 15.4 Å². The van der Waals surface area contributed by atoms with Crippen LogP contribution in [0.1, 0.15) is 0 Å². The Morgan fingerprint density at radius 2 is 2.43 bits per heavy atom. The van der Waals surface area contributed by atoms with Crippen LogP contribution >= 0.6 is 0 Å². The molecule has 0 bridgehead atoms. The van der Waals surface area contributed by atoms with E-state index in [-0.39, 0.29) is 18.2 Å². The van der Waals surface area contributed by atoms with E-state index < -0.39 is 12.2 Å². The van der Waals surface area contributed by atoms with E-state index in [0.29, 0.717) is 0 Å². The number of methoxy groups -OCH3 is 1. The fourth-order valence-corrected chi connectivity index (χ4v) is 1.58. The smallest absolute Gasteiger partial charge is 0.408 e. The largest absolute Gasteiger partial charge is 0.453 e. The fourth-order valence-electron chi connectivity index (χ4n) is 1.58. The van der Waals surface area contributed by atoms with Gasteiger partial charge in [-0.15, -0.1) is 0 Å². The summed E-state index contributed by atoms with van der Waals surface area (Å²) in [4.78, 5) is 21.8. The van der Waals surface area contributed by atoms with Crippen molar-refractivity contribution in [2.45, 2.75) is 18.2 Å². The zero-order valence-electron chi connectivity index (χ0n) is 7.52. The first-order chi connectivity index (χ1) is 6.70. The van der Waals surface area contributed by atoms with E-state index in [1.54, 1.807) is 12.2 Å². The van der Waals surface area contributed by atoms with Gasteiger partial charge in [0.15, 0.2) is 0 Å². The number of hydrogen-bond donors (Lipinski definition) is 2. The lowest BCUT2D eigenvalue weighted by molar-refractivity contribution is 0.152. The van der Waals surface area contributed by atoms with Crippen molar-refractivity contribution < 1.29 is 19.1 Å². The second-order valence-corrected chi connectivity index (χ2v) is 3.09. The molecule has 1 aliphatic carbocycles. The lowest BCUT2D eigenvalue weighted by Crippen LogP contribution is -2.47. The third-order valence-corrected chi connectivity index (χ3v) is 2.25. The molecular formula is C8H10N2O4. The van der Waals surface area contributed by atoms with Gasteiger partial charge < -0.3 is 20.1 Å². The predicted octanol–water partition coefficient (Wildman–Crippen LogP) is -0.242. The van der Waals surface area contributed by atoms with E-state index >= 15 is 0 Å². The first-order valence-corrected chi connectivity index (χ1v) is 4.20. The van der Waals surface area contributed by atoms with Gasteiger partial charge in [0.25, 0.3) is 0 Å². The average Bonchev–Trinajstić information content (AvgIpc) is 2.67. The topological polar surface area (TPSA) is 76.7 Å². The molecule has 0 aromatic rings. The van der Waals surface area contributed by atoms with Crippen molar-refractivity contribution in [3.8, 4) is 0 Å². The Morgan fingerprint density at radius 1 is 1.64 bits per heavy atom. The van der Waals surface area contributed by atoms with Gasteiger partial charge in [0.05, 0.1) is 19.2 Å². The monoisotopic (exact) mass is 198 g/mol. The number of fused-ring (bicyclic) bond motifs is 1. The molecule has 0 saturated carbocycles. The normalized spacial score (nSPS) is 33.2. The minimum absolute atomic E-state index is 0.221. The summed E-state index contributed by atoms with van der Waals surface area (Å²) in [6.45, 7) is 0. The van der Waals surface area contributed by atoms with E-state index in [4.69, 9.17) is 4.74 Å². The summed E-state index contributed by atoms with van der Waals surface area (Å²) in [7, 11) is 1.29. The standard InChI is InChI=1S/C8H10N2O4/c1-13-7(11)9-4-2-3-5-6(4)10-8(12)14-5/h2-6H,1H3,(H,9,11)(H,10,12)/t4-,5-,6+/m1/s1. The zero-order valence-corrected chi connectivity index (χ0v) is 7.52. The van der Waals surface area contributed by atoms with Crippen LogP contribution < -0.4 is 10.6 Å². The summed E-state index contributed by atoms with van der Waals surface area (Å²) in [5.41, 5.74) is 0. The van der Waals surface area contributed by atoms with Crippen molar-refractivity contribution in [3.63, 3.8) is 0 Å². The Balaban J connectivity index is 1.99. The number of amides is 2. The molecule has 1 fully saturated rings. The molecule has 2 aliphatic rings. The van der Waals surface area contributed by atoms with Gasteiger partial charge in [0.2, 0.25) is 0 Å². The van der Waals surface area contributed by atoms with Crippen molar-refractivity contribution in [3.05, 3.63) is 12.2 Å². The van der Waals surface area contributed by atoms with Gasteiger partial charge in [0, 0.05) is 0 Å². The molecule has 0 aromatic carbocycles. The molecule has 2 amide bonds. The molecule has 0 aromatic heterocycles. The summed E-state index contributed by atoms with van der Waals surface area (Å²) >= 11 is 0. The Hall–Kier alpha value is -1.72. The van der Waals surface area contributed by atoms with Crippen molar-refractivity contribution >= 4 is 12.2 Å². The van der Waals surface area contributed by atoms with Crippen LogP contribution in [0.5, 0.6) is 0 Å². The molecule has 1 heterocycles. The molecule has 0 radical (unpaired) electrons. The molecular weight excluding hydrogens is 188 g/mol. The van der Waals surface area contributed by atoms with Gasteiger partial charge in [-0.2, -0.15) is 0 Å². The van der Waals surface area contributed by atoms with E-state index in [1.165, 1.54) is 7.11 Å². The van der Waals surface area contributed by atoms with Crippen LogP contribution in [0.4, 0.5) is 9.59 Å². The number of ether oxygens (including phenoxy) is 2. The van der Waals surface area contributed by atoms with Crippen LogP contribution in [0, 0.1) is 0 Å². The van der Waals surface area contributed by atoms with E-state index in [9.17, 15) is 9.59 Å². The minimum Gasteiger partial charge on any atom is -0.453 e. The molecule has 2 rings (SSSR count). The SMILES string of the molecule is COC(=O)N[C@@H]1C=C[C@H]2OC(=O)N[C@@H]12. The van der Waals surface area contributed by atoms with Crippen molar-refractivity contribution in [2.24, 2.45) is 0 Å². The van der Waals surface area contributed by atoms with Crippen molar-refractivity contribution in [2.75, 3.05) is 7.11 Å². The highest BCUT2D eigenvalue weighted by atomic mass is 16.6. The molecule has 14 heavy (non-hydrogen) atoms. The summed E-state index contributed by atoms with van der Waals surface area (Å²) < 4.78 is 9.35. The number of carbonyl (C=O) groups excluding carboxylic acids is 2. The van der Waals surface area contributed by atoms with Gasteiger partial charge in [-0.3, -0.25) is 0 Å². The number of nitrogens with one attached hydrogen (secondary N) is 2. The number of hydrogen-bond acceptors (Lipinski definition) is 4. The molecule has 1 aliphatic heterocycles. The molecule has 6 heteroatoms. The zero-order chi connectivity index (χ0) is 10.1. The van der Waals surface area contributed by atoms with Crippen LogP contribution in [-0.2, 0) is 9.47 Å². The first-order valence-electron chi connectivity index (χ1n) is 4.20. The maximum absolute atomic E-state index is 10.9. The highest BCUT2D eigenvalue weighted by Crippen LogP contribution is 2.20. The van der Waals surface area contributed by atoms with Gasteiger partial charge in [-0.25, -0.2) is 9.59 Å². The Morgan fingerprint density at radius 3 is 3.14 bits per heavy atom. The number of carbonyl (C=O) groups is 2. The predicted molar refractivity (Wildman–Crippen MR) is 45.7 cm³/mol. The summed E-state index contributed by atoms with van der Waals surface area (Å²) in [6.07, 6.45) is 2.24. The van der Waals surface area contributed by atoms with Gasteiger partial charge in [0.1, 0.15) is 6.10 Å². The lowest BCUT2D eigenvalue weighted by Gasteiger charge is -2.16. The quantitative estimate of drug-likeness (QED) is 0.570. The van der Waals surface area contributed by atoms with Crippen LogP contribution in [0.3, 0.4) is 0 Å². The maximum atomic E-state index is 10.9. The maximum Gasteiger partial charge on any atom is 0.408 e. The molecule has 1 saturated heterocycles. The summed E-state index contributed by atoms with van der Waals surface area (Å²) in [6, 6.07) is -0.486. The van der Waals surface area contributed by atoms with Crippen LogP contribution in [0.15, 0.2) is 12.2 Å². The lowest BCUT2D eigenvalue weighted by atomic mass is 10.1. The molecule has 76 valence electrons. The minimum atomic E-state index is -0.526. The van der Waals surface area contributed by atoms with Crippen molar-refractivity contribution in [1.82, 2.24) is 10.6 Å². The highest BCUT2D eigenvalue weighted by molar-refractivity contribution is 5.73. The third kappa shape index (κ3) is 1.39. The molecule has 3 atom stereocenters. The highest BCUT2D eigenvalue weighted by Gasteiger charge is 2.41. The second kappa shape index (κ2) is 3.21.